The van der Waals surface area contributed by atoms with Gasteiger partial charge in [-0.2, -0.15) is 0 Å². The SMILES string of the molecule is COC(=O)c1ccc2ccc3ccc4ccc5ccc6ccc7ccccc7c6c5c4c3c2c1. The molecule has 0 fully saturated rings. The van der Waals surface area contributed by atoms with Crippen molar-refractivity contribution in [2.75, 3.05) is 7.11 Å². The third kappa shape index (κ3) is 2.60. The molecular formula is C32H20O2. The van der Waals surface area contributed by atoms with Gasteiger partial charge in [0.1, 0.15) is 0 Å². The van der Waals surface area contributed by atoms with Crippen molar-refractivity contribution in [2.45, 2.75) is 0 Å². The van der Waals surface area contributed by atoms with Crippen molar-refractivity contribution >= 4 is 70.6 Å². The Kier molecular flexibility index (Phi) is 3.95. The molecule has 0 radical (unpaired) electrons. The Morgan fingerprint density at radius 3 is 1.53 bits per heavy atom. The number of esters is 1. The molecule has 0 aliphatic rings. The normalized spacial score (nSPS) is 11.8. The largest absolute Gasteiger partial charge is 0.465 e. The van der Waals surface area contributed by atoms with Gasteiger partial charge >= 0.3 is 5.97 Å². The number of ether oxygens (including phenoxy) is 1. The van der Waals surface area contributed by atoms with Crippen molar-refractivity contribution in [2.24, 2.45) is 0 Å². The zero-order valence-corrected chi connectivity index (χ0v) is 18.6. The molecule has 0 N–H and O–H groups in total. The second kappa shape index (κ2) is 7.03. The van der Waals surface area contributed by atoms with Crippen LogP contribution >= 0.6 is 0 Å². The molecule has 0 spiro atoms. The molecule has 0 heterocycles. The molecule has 0 saturated heterocycles. The van der Waals surface area contributed by atoms with Crippen LogP contribution < -0.4 is 0 Å². The Hall–Kier alpha value is -4.43. The number of hydrogen-bond acceptors (Lipinski definition) is 2. The first kappa shape index (κ1) is 19.1. The van der Waals surface area contributed by atoms with Crippen LogP contribution in [-0.4, -0.2) is 13.1 Å². The molecular weight excluding hydrogens is 416 g/mol. The summed E-state index contributed by atoms with van der Waals surface area (Å²) < 4.78 is 5.02. The lowest BCUT2D eigenvalue weighted by Gasteiger charge is -2.14. The van der Waals surface area contributed by atoms with Crippen LogP contribution in [0.1, 0.15) is 10.4 Å². The van der Waals surface area contributed by atoms with E-state index in [2.05, 4.69) is 84.9 Å². The molecule has 7 aromatic carbocycles. The summed E-state index contributed by atoms with van der Waals surface area (Å²) in [5.41, 5.74) is 0.565. The molecule has 34 heavy (non-hydrogen) atoms. The molecule has 0 aliphatic heterocycles. The van der Waals surface area contributed by atoms with Gasteiger partial charge in [-0.25, -0.2) is 4.79 Å². The first-order valence-corrected chi connectivity index (χ1v) is 11.4. The maximum absolute atomic E-state index is 12.4. The fourth-order valence-electron chi connectivity index (χ4n) is 5.52. The van der Waals surface area contributed by atoms with Crippen LogP contribution in [0.15, 0.2) is 103 Å². The number of methoxy groups -OCH3 is 1. The van der Waals surface area contributed by atoms with E-state index in [9.17, 15) is 4.79 Å². The fourth-order valence-corrected chi connectivity index (χ4v) is 5.52. The Balaban J connectivity index is 1.81. The van der Waals surface area contributed by atoms with Crippen molar-refractivity contribution in [1.29, 1.82) is 0 Å². The second-order valence-electron chi connectivity index (χ2n) is 8.87. The van der Waals surface area contributed by atoms with Crippen molar-refractivity contribution in [3.8, 4) is 0 Å². The van der Waals surface area contributed by atoms with Crippen LogP contribution in [0, 0.1) is 0 Å². The Labute approximate surface area is 196 Å². The summed E-state index contributed by atoms with van der Waals surface area (Å²) in [6.45, 7) is 0. The van der Waals surface area contributed by atoms with E-state index in [0.717, 1.165) is 16.2 Å². The zero-order valence-electron chi connectivity index (χ0n) is 18.6. The zero-order chi connectivity index (χ0) is 22.8. The summed E-state index contributed by atoms with van der Waals surface area (Å²) in [4.78, 5) is 12.4. The molecule has 2 heteroatoms. The third-order valence-corrected chi connectivity index (χ3v) is 7.09. The molecule has 160 valence electrons. The minimum atomic E-state index is -0.319. The smallest absolute Gasteiger partial charge is 0.337 e. The lowest BCUT2D eigenvalue weighted by molar-refractivity contribution is 0.0601. The topological polar surface area (TPSA) is 26.3 Å². The van der Waals surface area contributed by atoms with E-state index in [4.69, 9.17) is 4.74 Å². The number of rotatable bonds is 1. The first-order chi connectivity index (χ1) is 16.7. The summed E-state index contributed by atoms with van der Waals surface area (Å²) in [5, 5.41) is 14.4. The molecule has 7 rings (SSSR count). The highest BCUT2D eigenvalue weighted by atomic mass is 16.5. The molecule has 0 saturated carbocycles. The van der Waals surface area contributed by atoms with E-state index in [1.54, 1.807) is 0 Å². The highest BCUT2D eigenvalue weighted by molar-refractivity contribution is 6.35. The Bertz CT molecular complexity index is 1940. The third-order valence-electron chi connectivity index (χ3n) is 7.09. The summed E-state index contributed by atoms with van der Waals surface area (Å²) in [5.74, 6) is -0.319. The first-order valence-electron chi connectivity index (χ1n) is 11.4. The van der Waals surface area contributed by atoms with Gasteiger partial charge in [0.05, 0.1) is 12.7 Å². The number of benzene rings is 7. The average molecular weight is 437 g/mol. The predicted octanol–water partition coefficient (Wildman–Crippen LogP) is 8.39. The van der Waals surface area contributed by atoms with Gasteiger partial charge in [0.2, 0.25) is 0 Å². The van der Waals surface area contributed by atoms with E-state index in [-0.39, 0.29) is 5.97 Å². The lowest BCUT2D eigenvalue weighted by atomic mass is 9.89. The number of carbonyl (C=O) groups excluding carboxylic acids is 1. The van der Waals surface area contributed by atoms with Crippen LogP contribution in [-0.2, 0) is 4.74 Å². The molecule has 0 aliphatic carbocycles. The summed E-state index contributed by atoms with van der Waals surface area (Å²) in [7, 11) is 1.43. The van der Waals surface area contributed by atoms with Gasteiger partial charge in [-0.05, 0) is 76.8 Å². The Morgan fingerprint density at radius 2 is 0.941 bits per heavy atom. The van der Waals surface area contributed by atoms with Gasteiger partial charge in [-0.3, -0.25) is 0 Å². The Morgan fingerprint density at radius 1 is 0.500 bits per heavy atom. The molecule has 2 nitrogen and oxygen atoms in total. The summed E-state index contributed by atoms with van der Waals surface area (Å²) >= 11 is 0. The molecule has 0 unspecified atom stereocenters. The molecule has 7 aromatic rings. The van der Waals surface area contributed by atoms with Crippen molar-refractivity contribution in [3.05, 3.63) is 109 Å². The van der Waals surface area contributed by atoms with Crippen molar-refractivity contribution in [1.82, 2.24) is 0 Å². The lowest BCUT2D eigenvalue weighted by Crippen LogP contribution is -2.00. The van der Waals surface area contributed by atoms with Gasteiger partial charge in [-0.1, -0.05) is 91.0 Å². The van der Waals surface area contributed by atoms with E-state index in [0.29, 0.717) is 5.56 Å². The number of fused-ring (bicyclic) bond motifs is 11. The van der Waals surface area contributed by atoms with Gasteiger partial charge in [-0.15, -0.1) is 0 Å². The monoisotopic (exact) mass is 436 g/mol. The van der Waals surface area contributed by atoms with Gasteiger partial charge in [0.15, 0.2) is 0 Å². The van der Waals surface area contributed by atoms with E-state index < -0.39 is 0 Å². The van der Waals surface area contributed by atoms with Crippen LogP contribution in [0.2, 0.25) is 0 Å². The minimum absolute atomic E-state index is 0.319. The standard InChI is InChI=1S/C32H20O2/c1-34-32(33)25-17-8-20-7-10-22-12-14-24-16-15-23-13-11-21-9-6-19-4-2-3-5-26(19)28(21)30(23)31(24)29(22)27(20)18-25/h2-18H,1H3. The highest BCUT2D eigenvalue weighted by Crippen LogP contribution is 2.41. The van der Waals surface area contributed by atoms with Gasteiger partial charge in [0.25, 0.3) is 0 Å². The van der Waals surface area contributed by atoms with Crippen LogP contribution in [0.3, 0.4) is 0 Å². The van der Waals surface area contributed by atoms with Crippen LogP contribution in [0.4, 0.5) is 0 Å². The molecule has 0 amide bonds. The quantitative estimate of drug-likeness (QED) is 0.191. The van der Waals surface area contributed by atoms with Crippen LogP contribution in [0.5, 0.6) is 0 Å². The summed E-state index contributed by atoms with van der Waals surface area (Å²) in [6, 6.07) is 36.4. The number of hydrogen-bond donors (Lipinski definition) is 0. The van der Waals surface area contributed by atoms with Crippen LogP contribution in [0.25, 0.3) is 64.6 Å². The maximum atomic E-state index is 12.4. The maximum Gasteiger partial charge on any atom is 0.337 e. The molecule has 0 atom stereocenters. The summed E-state index contributed by atoms with van der Waals surface area (Å²) in [6.07, 6.45) is 0. The number of carbonyl (C=O) groups is 1. The highest BCUT2D eigenvalue weighted by Gasteiger charge is 2.14. The van der Waals surface area contributed by atoms with Crippen molar-refractivity contribution in [3.63, 3.8) is 0 Å². The van der Waals surface area contributed by atoms with E-state index in [1.807, 2.05) is 18.2 Å². The van der Waals surface area contributed by atoms with Gasteiger partial charge in [0, 0.05) is 0 Å². The minimum Gasteiger partial charge on any atom is -0.465 e. The van der Waals surface area contributed by atoms with Crippen molar-refractivity contribution < 1.29 is 9.53 Å². The second-order valence-corrected chi connectivity index (χ2v) is 8.87. The van der Waals surface area contributed by atoms with E-state index >= 15 is 0 Å². The average Bonchev–Trinajstić information content (AvgIpc) is 2.91. The predicted molar refractivity (Wildman–Crippen MR) is 143 cm³/mol. The molecule has 0 bridgehead atoms. The van der Waals surface area contributed by atoms with Gasteiger partial charge < -0.3 is 4.74 Å². The fraction of sp³-hybridized carbons (Fsp3) is 0.0312. The molecule has 0 aromatic heterocycles. The van der Waals surface area contributed by atoms with E-state index in [1.165, 1.54) is 55.6 Å².